The summed E-state index contributed by atoms with van der Waals surface area (Å²) in [7, 11) is 0. The van der Waals surface area contributed by atoms with Crippen LogP contribution in [0, 0.1) is 13.8 Å². The number of para-hydroxylation sites is 1. The van der Waals surface area contributed by atoms with E-state index in [0.29, 0.717) is 33.8 Å². The molecular weight excluding hydrogens is 460 g/mol. The molecule has 180 valence electrons. The first-order valence-corrected chi connectivity index (χ1v) is 12.6. The van der Waals surface area contributed by atoms with Crippen LogP contribution in [0.5, 0.6) is 0 Å². The van der Waals surface area contributed by atoms with Crippen molar-refractivity contribution in [3.63, 3.8) is 0 Å². The van der Waals surface area contributed by atoms with Crippen LogP contribution in [-0.2, 0) is 11.3 Å². The van der Waals surface area contributed by atoms with Gasteiger partial charge in [-0.25, -0.2) is 4.98 Å². The third-order valence-electron chi connectivity index (χ3n) is 6.26. The minimum atomic E-state index is -0.158. The molecule has 0 aliphatic carbocycles. The Morgan fingerprint density at radius 3 is 2.74 bits per heavy atom. The van der Waals surface area contributed by atoms with E-state index in [2.05, 4.69) is 15.6 Å². The molecule has 0 spiro atoms. The highest BCUT2D eigenvalue weighted by atomic mass is 32.1. The van der Waals surface area contributed by atoms with Gasteiger partial charge in [0.1, 0.15) is 10.7 Å². The third kappa shape index (κ3) is 4.99. The minimum Gasteiger partial charge on any atom is -0.377 e. The number of rotatable bonds is 7. The summed E-state index contributed by atoms with van der Waals surface area (Å²) in [6, 6.07) is 15.5. The summed E-state index contributed by atoms with van der Waals surface area (Å²) in [5.41, 5.74) is 4.19. The van der Waals surface area contributed by atoms with Gasteiger partial charge in [0.05, 0.1) is 23.6 Å². The van der Waals surface area contributed by atoms with Gasteiger partial charge in [0, 0.05) is 29.3 Å². The zero-order valence-electron chi connectivity index (χ0n) is 19.8. The molecule has 5 rings (SSSR count). The second kappa shape index (κ2) is 10.0. The van der Waals surface area contributed by atoms with Gasteiger partial charge in [-0.1, -0.05) is 42.0 Å². The number of hydrogen-bond donors (Lipinski definition) is 3. The van der Waals surface area contributed by atoms with E-state index < -0.39 is 0 Å². The number of aromatic amines is 1. The standard InChI is InChI=1S/C27H28N4O3S/c1-16-9-11-18(12-10-16)23-17(2)35-27-24(23)26(33)30-22(31-27)15-28-21-8-4-3-7-20(21)25(32)29-14-19-6-5-13-34-19/h3-4,7-12,19,28H,5-6,13-15H2,1-2H3,(H,29,32)(H,30,31,33)/t19-/m0/s1. The number of carbonyl (C=O) groups excluding carboxylic acids is 1. The van der Waals surface area contributed by atoms with Crippen molar-refractivity contribution < 1.29 is 9.53 Å². The van der Waals surface area contributed by atoms with Crippen LogP contribution < -0.4 is 16.2 Å². The summed E-state index contributed by atoms with van der Waals surface area (Å²) in [5.74, 6) is 0.367. The average Bonchev–Trinajstić information content (AvgIpc) is 3.49. The van der Waals surface area contributed by atoms with Crippen LogP contribution in [0.1, 0.15) is 39.5 Å². The Hall–Kier alpha value is -3.49. The molecule has 1 aliphatic rings. The number of anilines is 1. The maximum atomic E-state index is 13.1. The van der Waals surface area contributed by atoms with Crippen LogP contribution in [0.4, 0.5) is 5.69 Å². The zero-order valence-corrected chi connectivity index (χ0v) is 20.6. The highest BCUT2D eigenvalue weighted by Gasteiger charge is 2.19. The van der Waals surface area contributed by atoms with Gasteiger partial charge in [-0.2, -0.15) is 0 Å². The number of hydrogen-bond acceptors (Lipinski definition) is 6. The molecule has 2 aromatic carbocycles. The van der Waals surface area contributed by atoms with Crippen molar-refractivity contribution in [1.29, 1.82) is 0 Å². The predicted octanol–water partition coefficient (Wildman–Crippen LogP) is 4.79. The van der Waals surface area contributed by atoms with E-state index in [-0.39, 0.29) is 24.1 Å². The number of aryl methyl sites for hydroxylation is 2. The lowest BCUT2D eigenvalue weighted by Gasteiger charge is -2.14. The molecule has 0 radical (unpaired) electrons. The van der Waals surface area contributed by atoms with Gasteiger partial charge in [-0.15, -0.1) is 11.3 Å². The monoisotopic (exact) mass is 488 g/mol. The maximum Gasteiger partial charge on any atom is 0.260 e. The molecule has 3 N–H and O–H groups in total. The normalized spacial score (nSPS) is 15.4. The molecule has 1 fully saturated rings. The first kappa shape index (κ1) is 23.3. The van der Waals surface area contributed by atoms with Crippen LogP contribution >= 0.6 is 11.3 Å². The molecule has 8 heteroatoms. The third-order valence-corrected chi connectivity index (χ3v) is 7.26. The predicted molar refractivity (Wildman–Crippen MR) is 140 cm³/mol. The van der Waals surface area contributed by atoms with Crippen LogP contribution in [0.3, 0.4) is 0 Å². The first-order valence-electron chi connectivity index (χ1n) is 11.8. The lowest BCUT2D eigenvalue weighted by Crippen LogP contribution is -2.32. The number of H-pyrrole nitrogens is 1. The fourth-order valence-electron chi connectivity index (χ4n) is 4.44. The molecule has 0 unspecified atom stereocenters. The minimum absolute atomic E-state index is 0.0825. The Bertz CT molecular complexity index is 1420. The molecule has 7 nitrogen and oxygen atoms in total. The lowest BCUT2D eigenvalue weighted by molar-refractivity contribution is 0.0858. The quantitative estimate of drug-likeness (QED) is 0.348. The van der Waals surface area contributed by atoms with Gasteiger partial charge in [0.25, 0.3) is 11.5 Å². The van der Waals surface area contributed by atoms with Crippen LogP contribution in [0.25, 0.3) is 21.3 Å². The van der Waals surface area contributed by atoms with Crippen molar-refractivity contribution in [3.05, 3.63) is 80.7 Å². The van der Waals surface area contributed by atoms with Crippen molar-refractivity contribution in [2.45, 2.75) is 39.3 Å². The average molecular weight is 489 g/mol. The van der Waals surface area contributed by atoms with E-state index in [0.717, 1.165) is 35.5 Å². The van der Waals surface area contributed by atoms with Gasteiger partial charge in [-0.3, -0.25) is 9.59 Å². The van der Waals surface area contributed by atoms with E-state index in [4.69, 9.17) is 9.72 Å². The van der Waals surface area contributed by atoms with Crippen LogP contribution in [0.15, 0.2) is 53.3 Å². The fourth-order valence-corrected chi connectivity index (χ4v) is 5.50. The first-order chi connectivity index (χ1) is 17.0. The van der Waals surface area contributed by atoms with Crippen LogP contribution in [-0.4, -0.2) is 35.1 Å². The lowest BCUT2D eigenvalue weighted by atomic mass is 10.0. The van der Waals surface area contributed by atoms with E-state index >= 15 is 0 Å². The zero-order chi connectivity index (χ0) is 24.4. The van der Waals surface area contributed by atoms with E-state index in [9.17, 15) is 9.59 Å². The largest absolute Gasteiger partial charge is 0.377 e. The molecule has 0 saturated carbocycles. The molecule has 35 heavy (non-hydrogen) atoms. The highest BCUT2D eigenvalue weighted by molar-refractivity contribution is 7.19. The molecule has 1 aliphatic heterocycles. The summed E-state index contributed by atoms with van der Waals surface area (Å²) in [4.78, 5) is 35.3. The molecule has 0 bridgehead atoms. The number of carbonyl (C=O) groups is 1. The smallest absolute Gasteiger partial charge is 0.260 e. The second-order valence-corrected chi connectivity index (χ2v) is 10.0. The summed E-state index contributed by atoms with van der Waals surface area (Å²) < 4.78 is 5.59. The molecule has 4 aromatic rings. The number of nitrogens with one attached hydrogen (secondary N) is 3. The van der Waals surface area contributed by atoms with Crippen molar-refractivity contribution >= 4 is 33.1 Å². The second-order valence-electron chi connectivity index (χ2n) is 8.84. The van der Waals surface area contributed by atoms with Crippen LogP contribution in [0.2, 0.25) is 0 Å². The highest BCUT2D eigenvalue weighted by Crippen LogP contribution is 2.35. The number of benzene rings is 2. The Morgan fingerprint density at radius 2 is 1.97 bits per heavy atom. The van der Waals surface area contributed by atoms with Gasteiger partial charge in [0.15, 0.2) is 0 Å². The van der Waals surface area contributed by atoms with Gasteiger partial charge in [-0.05, 0) is 44.4 Å². The number of ether oxygens (including phenoxy) is 1. The van der Waals surface area contributed by atoms with Gasteiger partial charge >= 0.3 is 0 Å². The summed E-state index contributed by atoms with van der Waals surface area (Å²) in [5, 5.41) is 6.85. The Labute approximate surface area is 207 Å². The van der Waals surface area contributed by atoms with Crippen molar-refractivity contribution in [2.75, 3.05) is 18.5 Å². The number of nitrogens with zero attached hydrogens (tertiary/aromatic N) is 1. The molecule has 1 amide bonds. The SMILES string of the molecule is Cc1ccc(-c2c(C)sc3nc(CNc4ccccc4C(=O)NC[C@@H]4CCCO4)[nH]c(=O)c23)cc1. The molecule has 1 atom stereocenters. The Kier molecular flexibility index (Phi) is 6.66. The van der Waals surface area contributed by atoms with Crippen molar-refractivity contribution in [2.24, 2.45) is 0 Å². The summed E-state index contributed by atoms with van der Waals surface area (Å²) >= 11 is 1.52. The molecule has 2 aromatic heterocycles. The van der Waals surface area contributed by atoms with Gasteiger partial charge in [0.2, 0.25) is 0 Å². The topological polar surface area (TPSA) is 96.1 Å². The Balaban J connectivity index is 1.35. The molecule has 1 saturated heterocycles. The molecule has 3 heterocycles. The van der Waals surface area contributed by atoms with E-state index in [1.54, 1.807) is 6.07 Å². The number of aromatic nitrogens is 2. The number of amides is 1. The fraction of sp³-hybridized carbons (Fsp3) is 0.296. The summed E-state index contributed by atoms with van der Waals surface area (Å²) in [6.45, 7) is 5.61. The van der Waals surface area contributed by atoms with Gasteiger partial charge < -0.3 is 20.4 Å². The molecular formula is C27H28N4O3S. The Morgan fingerprint density at radius 1 is 1.17 bits per heavy atom. The maximum absolute atomic E-state index is 13.1. The van der Waals surface area contributed by atoms with E-state index in [1.807, 2.05) is 56.3 Å². The number of fused-ring (bicyclic) bond motifs is 1. The van der Waals surface area contributed by atoms with Crippen molar-refractivity contribution in [3.8, 4) is 11.1 Å². The number of thiophene rings is 1. The van der Waals surface area contributed by atoms with Crippen molar-refractivity contribution in [1.82, 2.24) is 15.3 Å². The van der Waals surface area contributed by atoms with E-state index in [1.165, 1.54) is 16.9 Å². The summed E-state index contributed by atoms with van der Waals surface area (Å²) in [6.07, 6.45) is 2.08.